The molecule has 46 valence electrons. The maximum atomic E-state index is 10.2. The molecule has 0 aromatic heterocycles. The zero-order valence-corrected chi connectivity index (χ0v) is 7.19. The van der Waals surface area contributed by atoms with Crippen molar-refractivity contribution < 1.29 is 9.59 Å². The summed E-state index contributed by atoms with van der Waals surface area (Å²) in [5.41, 5.74) is 0. The molecule has 3 nitrogen and oxygen atoms in total. The lowest BCUT2D eigenvalue weighted by molar-refractivity contribution is 0.225. The van der Waals surface area contributed by atoms with Crippen LogP contribution in [-0.4, -0.2) is 21.6 Å². The summed E-state index contributed by atoms with van der Waals surface area (Å²) in [7, 11) is 1.36. The Kier molecular flexibility index (Phi) is 3.23. The Labute approximate surface area is 63.3 Å². The number of hydrogen-bond acceptors (Lipinski definition) is 2. The molecule has 0 saturated heterocycles. The molecule has 5 heteroatoms. The highest BCUT2D eigenvalue weighted by Crippen LogP contribution is 2.00. The molecule has 0 rings (SSSR count). The molecule has 0 radical (unpaired) electrons. The molecule has 2 amide bonds. The van der Waals surface area contributed by atoms with Crippen molar-refractivity contribution in [3.8, 4) is 0 Å². The zero-order valence-electron chi connectivity index (χ0n) is 4.02. The molecule has 0 atom stereocenters. The van der Waals surface area contributed by atoms with Gasteiger partial charge >= 0.3 is 0 Å². The summed E-state index contributed by atoms with van der Waals surface area (Å²) in [5.74, 6) is 0. The van der Waals surface area contributed by atoms with E-state index in [4.69, 9.17) is 0 Å². The predicted molar refractivity (Wildman–Crippen MR) is 36.4 cm³/mol. The number of hydrogen-bond donors (Lipinski definition) is 0. The van der Waals surface area contributed by atoms with E-state index in [1.165, 1.54) is 7.05 Å². The molecule has 0 fully saturated rings. The van der Waals surface area contributed by atoms with Crippen molar-refractivity contribution in [3.05, 3.63) is 0 Å². The average Bonchev–Trinajstić information content (AvgIpc) is 1.64. The summed E-state index contributed by atoms with van der Waals surface area (Å²) in [6.45, 7) is 0. The highest BCUT2D eigenvalue weighted by atomic mass is 79.9. The monoisotopic (exact) mass is 243 g/mol. The van der Waals surface area contributed by atoms with Gasteiger partial charge in [0, 0.05) is 38.9 Å². The molecule has 0 aromatic rings. The van der Waals surface area contributed by atoms with Gasteiger partial charge in [0.15, 0.2) is 0 Å². The maximum absolute atomic E-state index is 10.2. The molecule has 0 spiro atoms. The van der Waals surface area contributed by atoms with Crippen molar-refractivity contribution in [1.82, 2.24) is 4.90 Å². The number of imide groups is 1. The molecular weight excluding hydrogens is 242 g/mol. The molecule has 0 aliphatic heterocycles. The van der Waals surface area contributed by atoms with Crippen LogP contribution in [0.1, 0.15) is 0 Å². The van der Waals surface area contributed by atoms with Gasteiger partial charge in [-0.1, -0.05) is 0 Å². The predicted octanol–water partition coefficient (Wildman–Crippen LogP) is 1.95. The van der Waals surface area contributed by atoms with Crippen LogP contribution in [0, 0.1) is 0 Å². The number of carbonyl (C=O) groups is 2. The third kappa shape index (κ3) is 2.42. The highest BCUT2D eigenvalue weighted by molar-refractivity contribution is 9.19. The van der Waals surface area contributed by atoms with Gasteiger partial charge in [0.25, 0.3) is 9.63 Å². The first-order valence-electron chi connectivity index (χ1n) is 1.68. The Morgan fingerprint density at radius 2 is 1.50 bits per heavy atom. The SMILES string of the molecule is CN(C(=O)Br)C(=O)Br. The van der Waals surface area contributed by atoms with Gasteiger partial charge < -0.3 is 0 Å². The van der Waals surface area contributed by atoms with Crippen LogP contribution < -0.4 is 0 Å². The minimum Gasteiger partial charge on any atom is -0.267 e. The van der Waals surface area contributed by atoms with Crippen molar-refractivity contribution in [2.75, 3.05) is 7.05 Å². The molecule has 0 aliphatic carbocycles. The van der Waals surface area contributed by atoms with E-state index in [0.29, 0.717) is 0 Å². The van der Waals surface area contributed by atoms with E-state index in [1.807, 2.05) is 0 Å². The van der Waals surface area contributed by atoms with Crippen LogP contribution in [0.25, 0.3) is 0 Å². The summed E-state index contributed by atoms with van der Waals surface area (Å²) < 4.78 is 0. The van der Waals surface area contributed by atoms with E-state index in [9.17, 15) is 9.59 Å². The minimum absolute atomic E-state index is 0.459. The number of amides is 2. The third-order valence-electron chi connectivity index (χ3n) is 0.527. The van der Waals surface area contributed by atoms with Gasteiger partial charge in [-0.2, -0.15) is 0 Å². The zero-order chi connectivity index (χ0) is 6.73. The van der Waals surface area contributed by atoms with E-state index in [0.717, 1.165) is 4.90 Å². The largest absolute Gasteiger partial charge is 0.296 e. The fourth-order valence-corrected chi connectivity index (χ4v) is 0.629. The van der Waals surface area contributed by atoms with Crippen LogP contribution in [0.2, 0.25) is 0 Å². The van der Waals surface area contributed by atoms with E-state index in [1.54, 1.807) is 0 Å². The number of carbonyl (C=O) groups excluding carboxylic acids is 2. The smallest absolute Gasteiger partial charge is 0.267 e. The van der Waals surface area contributed by atoms with Crippen LogP contribution in [0.4, 0.5) is 9.59 Å². The van der Waals surface area contributed by atoms with E-state index >= 15 is 0 Å². The molecule has 0 bridgehead atoms. The summed E-state index contributed by atoms with van der Waals surface area (Å²) in [4.78, 5) is 20.3. The summed E-state index contributed by atoms with van der Waals surface area (Å²) in [6.07, 6.45) is 0. The van der Waals surface area contributed by atoms with Gasteiger partial charge in [-0.05, 0) is 0 Å². The molecule has 0 aromatic carbocycles. The second kappa shape index (κ2) is 3.19. The fourth-order valence-electron chi connectivity index (χ4n) is 0.0691. The van der Waals surface area contributed by atoms with Crippen LogP contribution >= 0.6 is 31.9 Å². The van der Waals surface area contributed by atoms with E-state index in [-0.39, 0.29) is 0 Å². The molecule has 0 unspecified atom stereocenters. The van der Waals surface area contributed by atoms with Gasteiger partial charge in [0.1, 0.15) is 0 Å². The lowest BCUT2D eigenvalue weighted by atomic mass is 11.0. The first-order chi connectivity index (χ1) is 3.55. The van der Waals surface area contributed by atoms with Gasteiger partial charge in [0.05, 0.1) is 0 Å². The van der Waals surface area contributed by atoms with Crippen LogP contribution in [0.3, 0.4) is 0 Å². The highest BCUT2D eigenvalue weighted by Gasteiger charge is 2.08. The normalized spacial score (nSPS) is 8.38. The Morgan fingerprint density at radius 1 is 1.25 bits per heavy atom. The average molecular weight is 245 g/mol. The van der Waals surface area contributed by atoms with E-state index < -0.39 is 9.63 Å². The Morgan fingerprint density at radius 3 is 1.50 bits per heavy atom. The Balaban J connectivity index is 3.83. The number of rotatable bonds is 0. The Bertz CT molecular complexity index is 110. The van der Waals surface area contributed by atoms with Crippen LogP contribution in [0.5, 0.6) is 0 Å². The fraction of sp³-hybridized carbons (Fsp3) is 0.333. The van der Waals surface area contributed by atoms with Crippen molar-refractivity contribution >= 4 is 41.5 Å². The van der Waals surface area contributed by atoms with Gasteiger partial charge in [0.2, 0.25) is 0 Å². The lowest BCUT2D eigenvalue weighted by Crippen LogP contribution is -2.22. The van der Waals surface area contributed by atoms with Crippen LogP contribution in [0.15, 0.2) is 0 Å². The first kappa shape index (κ1) is 8.10. The summed E-state index contributed by atoms with van der Waals surface area (Å²) in [5, 5.41) is 0. The molecule has 0 heterocycles. The standard InChI is InChI=1S/C3H3Br2NO2/c1-6(2(4)7)3(5)8/h1H3. The molecule has 8 heavy (non-hydrogen) atoms. The van der Waals surface area contributed by atoms with Crippen molar-refractivity contribution in [3.63, 3.8) is 0 Å². The second-order valence-corrected chi connectivity index (χ2v) is 2.42. The van der Waals surface area contributed by atoms with Gasteiger partial charge in [-0.15, -0.1) is 0 Å². The van der Waals surface area contributed by atoms with Gasteiger partial charge in [-0.3, -0.25) is 14.5 Å². The summed E-state index contributed by atoms with van der Waals surface area (Å²) in [6, 6.07) is 0. The molecular formula is C3H3Br2NO2. The van der Waals surface area contributed by atoms with E-state index in [2.05, 4.69) is 31.9 Å². The minimum atomic E-state index is -0.459. The van der Waals surface area contributed by atoms with Crippen molar-refractivity contribution in [1.29, 1.82) is 0 Å². The number of halogens is 2. The second-order valence-electron chi connectivity index (χ2n) is 1.06. The van der Waals surface area contributed by atoms with Crippen molar-refractivity contribution in [2.24, 2.45) is 0 Å². The Hall–Kier alpha value is 0.1000. The van der Waals surface area contributed by atoms with Crippen LogP contribution in [-0.2, 0) is 0 Å². The lowest BCUT2D eigenvalue weighted by Gasteiger charge is -2.03. The quantitative estimate of drug-likeness (QED) is 0.483. The molecule has 0 N–H and O–H groups in total. The van der Waals surface area contributed by atoms with Gasteiger partial charge in [-0.25, -0.2) is 0 Å². The molecule has 0 aliphatic rings. The van der Waals surface area contributed by atoms with Crippen molar-refractivity contribution in [2.45, 2.75) is 0 Å². The maximum Gasteiger partial charge on any atom is 0.296 e. The summed E-state index contributed by atoms with van der Waals surface area (Å²) >= 11 is 5.15. The first-order valence-corrected chi connectivity index (χ1v) is 3.27. The number of nitrogens with zero attached hydrogens (tertiary/aromatic N) is 1. The third-order valence-corrected chi connectivity index (χ3v) is 1.59. The topological polar surface area (TPSA) is 37.4 Å². The molecule has 0 saturated carbocycles.